The number of carboxylic acid groups (broad SMARTS) is 1. The van der Waals surface area contributed by atoms with E-state index >= 15 is 0 Å². The van der Waals surface area contributed by atoms with Crippen LogP contribution in [0.25, 0.3) is 22.5 Å². The van der Waals surface area contributed by atoms with E-state index in [2.05, 4.69) is 20.6 Å². The molecule has 2 aromatic heterocycles. The Kier molecular flexibility index (Phi) is 11.6. The molecule has 2 aromatic carbocycles. The lowest BCUT2D eigenvalue weighted by molar-refractivity contribution is -0.193. The van der Waals surface area contributed by atoms with Gasteiger partial charge in [-0.25, -0.2) is 18.1 Å². The Bertz CT molecular complexity index is 1870. The fourth-order valence-corrected chi connectivity index (χ4v) is 7.29. The zero-order chi connectivity index (χ0) is 37.1. The minimum absolute atomic E-state index is 0.199. The van der Waals surface area contributed by atoms with Gasteiger partial charge in [0, 0.05) is 11.1 Å². The van der Waals surface area contributed by atoms with Gasteiger partial charge in [0.1, 0.15) is 89.2 Å². The van der Waals surface area contributed by atoms with Crippen molar-refractivity contribution in [3.05, 3.63) is 72.6 Å². The van der Waals surface area contributed by atoms with Gasteiger partial charge in [-0.3, -0.25) is 9.59 Å². The Hall–Kier alpha value is -4.41. The van der Waals surface area contributed by atoms with Gasteiger partial charge in [0.25, 0.3) is 0 Å². The van der Waals surface area contributed by atoms with E-state index in [9.17, 15) is 43.9 Å². The number of hydrogen-bond donors (Lipinski definition) is 6. The number of aliphatic hydroxyl groups excluding tert-OH is 5. The standard InChI is InChI=1S/C32H34F2N6O11S/c33-17-5-1-3-15(9-17)19-11-39(37-35-19)25-27(45)21(13-41)50-31(29(25)47)52-32-30(48)26(28(46)22(51-32)14-49-24(44)8-7-23(42)43)40-12-20(36-38-40)16-4-2-6-18(34)10-16/h1-6,9-12,21-22,25-32,41,45-48H,7-8,13-14H2,(H,42,43)/t21-,22-,25+,26+,27+,28+,29-,30-,31+,32+/m1/s1. The predicted octanol–water partition coefficient (Wildman–Crippen LogP) is 0.291. The van der Waals surface area contributed by atoms with Crippen LogP contribution in [0.2, 0.25) is 0 Å². The van der Waals surface area contributed by atoms with Gasteiger partial charge in [0.2, 0.25) is 0 Å². The molecule has 2 saturated heterocycles. The molecule has 0 unspecified atom stereocenters. The lowest BCUT2D eigenvalue weighted by Crippen LogP contribution is -2.58. The molecule has 4 aromatic rings. The number of carbonyl (C=O) groups excluding carboxylic acids is 1. The van der Waals surface area contributed by atoms with E-state index in [0.717, 1.165) is 21.1 Å². The summed E-state index contributed by atoms with van der Waals surface area (Å²) >= 11 is 0.722. The van der Waals surface area contributed by atoms with Crippen LogP contribution in [0.3, 0.4) is 0 Å². The Morgan fingerprint density at radius 1 is 0.769 bits per heavy atom. The second-order valence-electron chi connectivity index (χ2n) is 12.1. The van der Waals surface area contributed by atoms with Gasteiger partial charge in [-0.05, 0) is 24.3 Å². The molecule has 2 aliphatic heterocycles. The maximum atomic E-state index is 13.9. The molecule has 20 heteroatoms. The normalized spacial score (nSPS) is 29.1. The summed E-state index contributed by atoms with van der Waals surface area (Å²) in [6.07, 6.45) is -7.18. The molecule has 2 fully saturated rings. The number of aliphatic hydroxyl groups is 5. The minimum Gasteiger partial charge on any atom is -0.481 e. The summed E-state index contributed by atoms with van der Waals surface area (Å²) in [5, 5.41) is 80.8. The zero-order valence-electron chi connectivity index (χ0n) is 26.9. The molecule has 4 heterocycles. The molecule has 0 amide bonds. The third-order valence-corrected chi connectivity index (χ3v) is 9.93. The first kappa shape index (κ1) is 37.4. The largest absolute Gasteiger partial charge is 0.481 e. The number of nitrogens with zero attached hydrogens (tertiary/aromatic N) is 6. The van der Waals surface area contributed by atoms with Gasteiger partial charge in [-0.2, -0.15) is 0 Å². The van der Waals surface area contributed by atoms with Crippen molar-refractivity contribution < 1.29 is 63.2 Å². The average molecular weight is 749 g/mol. The molecule has 6 N–H and O–H groups in total. The predicted molar refractivity (Wildman–Crippen MR) is 173 cm³/mol. The third-order valence-electron chi connectivity index (χ3n) is 8.61. The van der Waals surface area contributed by atoms with Crippen LogP contribution in [0.4, 0.5) is 8.78 Å². The van der Waals surface area contributed by atoms with Crippen molar-refractivity contribution >= 4 is 23.7 Å². The number of carbonyl (C=O) groups is 2. The highest BCUT2D eigenvalue weighted by atomic mass is 32.2. The molecule has 0 saturated carbocycles. The lowest BCUT2D eigenvalue weighted by Gasteiger charge is -2.46. The smallest absolute Gasteiger partial charge is 0.306 e. The van der Waals surface area contributed by atoms with Gasteiger partial charge in [-0.15, -0.1) is 10.2 Å². The summed E-state index contributed by atoms with van der Waals surface area (Å²) in [5.74, 6) is -3.17. The van der Waals surface area contributed by atoms with Crippen LogP contribution < -0.4 is 0 Å². The molecule has 52 heavy (non-hydrogen) atoms. The number of aliphatic carboxylic acids is 1. The fourth-order valence-electron chi connectivity index (χ4n) is 5.97. The van der Waals surface area contributed by atoms with Crippen LogP contribution in [0, 0.1) is 11.6 Å². The summed E-state index contributed by atoms with van der Waals surface area (Å²) < 4.78 is 47.1. The minimum atomic E-state index is -1.62. The van der Waals surface area contributed by atoms with Crippen LogP contribution in [0.5, 0.6) is 0 Å². The molecule has 0 bridgehead atoms. The van der Waals surface area contributed by atoms with Crippen molar-refractivity contribution in [2.45, 2.75) is 72.4 Å². The van der Waals surface area contributed by atoms with Gasteiger partial charge in [0.15, 0.2) is 0 Å². The van der Waals surface area contributed by atoms with Gasteiger partial charge >= 0.3 is 11.9 Å². The van der Waals surface area contributed by atoms with Crippen molar-refractivity contribution in [2.75, 3.05) is 13.2 Å². The SMILES string of the molecule is O=C(O)CCC(=O)OC[C@H]1O[C@@H](S[C@@H]2O[C@H](CO)[C@H](O)[C@H](n3cc(-c4cccc(F)c4)nn3)[C@H]2O)[C@H](O)[C@@H](n2cc(-c3cccc(F)c3)nn2)[C@H]1O. The van der Waals surface area contributed by atoms with Crippen molar-refractivity contribution in [1.82, 2.24) is 30.0 Å². The van der Waals surface area contributed by atoms with Crippen LogP contribution >= 0.6 is 11.8 Å². The number of ether oxygens (including phenoxy) is 3. The van der Waals surface area contributed by atoms with Crippen molar-refractivity contribution in [3.63, 3.8) is 0 Å². The Morgan fingerprint density at radius 3 is 1.75 bits per heavy atom. The highest BCUT2D eigenvalue weighted by molar-refractivity contribution is 8.00. The summed E-state index contributed by atoms with van der Waals surface area (Å²) in [6.45, 7) is -1.28. The van der Waals surface area contributed by atoms with E-state index in [4.69, 9.17) is 19.3 Å². The molecule has 2 aliphatic rings. The third kappa shape index (κ3) is 8.13. The quantitative estimate of drug-likeness (QED) is 0.107. The Balaban J connectivity index is 1.26. The molecular weight excluding hydrogens is 714 g/mol. The van der Waals surface area contributed by atoms with Crippen molar-refractivity contribution in [3.8, 4) is 22.5 Å². The number of esters is 1. The molecule has 278 valence electrons. The van der Waals surface area contributed by atoms with Crippen molar-refractivity contribution in [1.29, 1.82) is 0 Å². The van der Waals surface area contributed by atoms with E-state index in [0.29, 0.717) is 11.1 Å². The van der Waals surface area contributed by atoms with Crippen LogP contribution in [0.1, 0.15) is 24.9 Å². The van der Waals surface area contributed by atoms with Crippen LogP contribution in [-0.4, -0.2) is 133 Å². The Labute approximate surface area is 297 Å². The molecule has 17 nitrogen and oxygen atoms in total. The Morgan fingerprint density at radius 2 is 1.27 bits per heavy atom. The number of halogens is 2. The monoisotopic (exact) mass is 748 g/mol. The van der Waals surface area contributed by atoms with E-state index in [1.165, 1.54) is 48.8 Å². The first-order valence-corrected chi connectivity index (χ1v) is 16.9. The number of benzene rings is 2. The summed E-state index contributed by atoms with van der Waals surface area (Å²) in [7, 11) is 0. The molecule has 0 spiro atoms. The first-order chi connectivity index (χ1) is 24.9. The molecule has 0 radical (unpaired) electrons. The molecular formula is C32H34F2N6O11S. The second-order valence-corrected chi connectivity index (χ2v) is 13.3. The summed E-state index contributed by atoms with van der Waals surface area (Å²) in [6, 6.07) is 8.43. The highest BCUT2D eigenvalue weighted by Gasteiger charge is 2.52. The number of carboxylic acids is 1. The highest BCUT2D eigenvalue weighted by Crippen LogP contribution is 2.42. The second kappa shape index (κ2) is 16.1. The average Bonchev–Trinajstić information content (AvgIpc) is 3.80. The van der Waals surface area contributed by atoms with E-state index in [1.807, 2.05) is 0 Å². The lowest BCUT2D eigenvalue weighted by atomic mass is 9.97. The molecule has 6 rings (SSSR count). The van der Waals surface area contributed by atoms with Crippen molar-refractivity contribution in [2.24, 2.45) is 0 Å². The van der Waals surface area contributed by atoms with Crippen LogP contribution in [0.15, 0.2) is 60.9 Å². The molecule has 0 aliphatic carbocycles. The zero-order valence-corrected chi connectivity index (χ0v) is 27.8. The van der Waals surface area contributed by atoms with E-state index in [-0.39, 0.29) is 11.4 Å². The van der Waals surface area contributed by atoms with E-state index in [1.54, 1.807) is 12.1 Å². The topological polar surface area (TPSA) is 245 Å². The summed E-state index contributed by atoms with van der Waals surface area (Å²) in [4.78, 5) is 23.2. The first-order valence-electron chi connectivity index (χ1n) is 16.0. The maximum absolute atomic E-state index is 13.9. The number of aromatic nitrogens is 6. The number of rotatable bonds is 12. The fraction of sp³-hybridized carbons (Fsp3) is 0.438. The number of thioether (sulfide) groups is 1. The van der Waals surface area contributed by atoms with Gasteiger partial charge < -0.3 is 44.8 Å². The maximum Gasteiger partial charge on any atom is 0.306 e. The van der Waals surface area contributed by atoms with E-state index < -0.39 is 109 Å². The van der Waals surface area contributed by atoms with Crippen LogP contribution in [-0.2, 0) is 23.8 Å². The molecule has 10 atom stereocenters. The van der Waals surface area contributed by atoms with Gasteiger partial charge in [0.05, 0.1) is 31.8 Å². The van der Waals surface area contributed by atoms with Gasteiger partial charge in [-0.1, -0.05) is 46.5 Å². The summed E-state index contributed by atoms with van der Waals surface area (Å²) in [5.41, 5.74) is -1.55. The number of hydrogen-bond acceptors (Lipinski definition) is 15.